The third-order valence-electron chi connectivity index (χ3n) is 6.16. The van der Waals surface area contributed by atoms with Crippen molar-refractivity contribution < 1.29 is 14.6 Å². The molecule has 2 aromatic heterocycles. The first kappa shape index (κ1) is 21.8. The molecule has 8 nitrogen and oxygen atoms in total. The normalized spacial score (nSPS) is 17.8. The number of benzene rings is 3. The molecule has 6 rings (SSSR count). The van der Waals surface area contributed by atoms with E-state index in [0.717, 1.165) is 39.0 Å². The maximum absolute atomic E-state index is 9.24. The molecule has 1 aliphatic rings. The number of ether oxygens (including phenoxy) is 2. The van der Waals surface area contributed by atoms with Gasteiger partial charge in [0.1, 0.15) is 6.10 Å². The maximum Gasteiger partial charge on any atom is 0.294 e. The van der Waals surface area contributed by atoms with E-state index in [9.17, 15) is 5.11 Å². The number of fused-ring (bicyclic) bond motifs is 1. The average molecular weight is 488 g/mol. The van der Waals surface area contributed by atoms with Gasteiger partial charge in [-0.05, 0) is 41.0 Å². The number of rotatable bonds is 6. The van der Waals surface area contributed by atoms with Crippen LogP contribution in [0.2, 0.25) is 5.02 Å². The molecule has 2 unspecified atom stereocenters. The van der Waals surface area contributed by atoms with Crippen molar-refractivity contribution in [3.05, 3.63) is 78.1 Å². The lowest BCUT2D eigenvalue weighted by molar-refractivity contribution is 0.0528. The SMILES string of the molecule is OCC1CC(Oc2nc3cc(-c4ccc(-c5ccc(-n6ccnn6)cc5)cc4)c(Cl)cc3[nH]2)CO1. The van der Waals surface area contributed by atoms with Crippen molar-refractivity contribution in [2.24, 2.45) is 0 Å². The Kier molecular flexibility index (Phi) is 5.69. The van der Waals surface area contributed by atoms with E-state index in [-0.39, 0.29) is 18.8 Å². The second-order valence-corrected chi connectivity index (χ2v) is 8.88. The van der Waals surface area contributed by atoms with Gasteiger partial charge in [0.05, 0.1) is 53.5 Å². The number of aromatic amines is 1. The Balaban J connectivity index is 1.22. The summed E-state index contributed by atoms with van der Waals surface area (Å²) in [5.74, 6) is 0. The lowest BCUT2D eigenvalue weighted by Gasteiger charge is -2.08. The minimum atomic E-state index is -0.181. The van der Waals surface area contributed by atoms with Gasteiger partial charge in [0.25, 0.3) is 6.01 Å². The zero-order chi connectivity index (χ0) is 23.8. The molecule has 3 aromatic carbocycles. The highest BCUT2D eigenvalue weighted by Crippen LogP contribution is 2.34. The molecule has 3 heterocycles. The Morgan fingerprint density at radius 3 is 2.49 bits per heavy atom. The molecular formula is C26H22ClN5O3. The first-order valence-electron chi connectivity index (χ1n) is 11.3. The predicted molar refractivity (Wildman–Crippen MR) is 133 cm³/mol. The highest BCUT2D eigenvalue weighted by molar-refractivity contribution is 6.34. The van der Waals surface area contributed by atoms with Gasteiger partial charge in [0.15, 0.2) is 0 Å². The van der Waals surface area contributed by atoms with E-state index in [1.165, 1.54) is 0 Å². The minimum Gasteiger partial charge on any atom is -0.459 e. The van der Waals surface area contributed by atoms with E-state index in [1.54, 1.807) is 10.9 Å². The van der Waals surface area contributed by atoms with Crippen LogP contribution >= 0.6 is 11.6 Å². The first-order chi connectivity index (χ1) is 17.2. The Morgan fingerprint density at radius 1 is 1.06 bits per heavy atom. The van der Waals surface area contributed by atoms with E-state index < -0.39 is 0 Å². The molecule has 2 N–H and O–H groups in total. The molecule has 2 atom stereocenters. The van der Waals surface area contributed by atoms with Gasteiger partial charge in [-0.1, -0.05) is 53.2 Å². The van der Waals surface area contributed by atoms with Crippen LogP contribution in [0.15, 0.2) is 73.1 Å². The van der Waals surface area contributed by atoms with Gasteiger partial charge in [-0.25, -0.2) is 4.68 Å². The monoisotopic (exact) mass is 487 g/mol. The van der Waals surface area contributed by atoms with E-state index in [0.29, 0.717) is 24.1 Å². The molecule has 0 amide bonds. The van der Waals surface area contributed by atoms with E-state index in [2.05, 4.69) is 56.7 Å². The Labute approximate surface area is 206 Å². The topological polar surface area (TPSA) is 98.1 Å². The van der Waals surface area contributed by atoms with Crippen molar-refractivity contribution >= 4 is 22.6 Å². The minimum absolute atomic E-state index is 0.00789. The largest absolute Gasteiger partial charge is 0.459 e. The van der Waals surface area contributed by atoms with E-state index >= 15 is 0 Å². The molecule has 9 heteroatoms. The number of aromatic nitrogens is 5. The summed E-state index contributed by atoms with van der Waals surface area (Å²) >= 11 is 6.63. The van der Waals surface area contributed by atoms with Crippen LogP contribution < -0.4 is 4.74 Å². The van der Waals surface area contributed by atoms with Gasteiger partial charge >= 0.3 is 0 Å². The fourth-order valence-electron chi connectivity index (χ4n) is 4.32. The van der Waals surface area contributed by atoms with Gasteiger partial charge in [-0.3, -0.25) is 0 Å². The number of nitrogens with zero attached hydrogens (tertiary/aromatic N) is 4. The summed E-state index contributed by atoms with van der Waals surface area (Å²) in [5, 5.41) is 17.7. The fourth-order valence-corrected chi connectivity index (χ4v) is 4.59. The lowest BCUT2D eigenvalue weighted by Crippen LogP contribution is -2.17. The van der Waals surface area contributed by atoms with Gasteiger partial charge in [-0.2, -0.15) is 4.98 Å². The Hall–Kier alpha value is -3.72. The third-order valence-corrected chi connectivity index (χ3v) is 6.47. The highest BCUT2D eigenvalue weighted by atomic mass is 35.5. The molecule has 1 saturated heterocycles. The van der Waals surface area contributed by atoms with Crippen molar-refractivity contribution in [1.82, 2.24) is 25.0 Å². The smallest absolute Gasteiger partial charge is 0.294 e. The van der Waals surface area contributed by atoms with Gasteiger partial charge in [0.2, 0.25) is 0 Å². The van der Waals surface area contributed by atoms with Crippen LogP contribution in [0.4, 0.5) is 0 Å². The number of nitrogens with one attached hydrogen (secondary N) is 1. The van der Waals surface area contributed by atoms with Crippen LogP contribution in [0.1, 0.15) is 6.42 Å². The average Bonchev–Trinajstić information content (AvgIpc) is 3.65. The second-order valence-electron chi connectivity index (χ2n) is 8.48. The maximum atomic E-state index is 9.24. The van der Waals surface area contributed by atoms with E-state index in [4.69, 9.17) is 21.1 Å². The Bertz CT molecular complexity index is 1450. The van der Waals surface area contributed by atoms with Crippen LogP contribution in [-0.4, -0.2) is 55.5 Å². The van der Waals surface area contributed by atoms with Crippen molar-refractivity contribution in [2.75, 3.05) is 13.2 Å². The lowest BCUT2D eigenvalue weighted by atomic mass is 10.00. The van der Waals surface area contributed by atoms with Crippen molar-refractivity contribution in [2.45, 2.75) is 18.6 Å². The summed E-state index contributed by atoms with van der Waals surface area (Å²) in [6.45, 7) is 0.426. The number of hydrogen-bond donors (Lipinski definition) is 2. The number of hydrogen-bond acceptors (Lipinski definition) is 6. The van der Waals surface area contributed by atoms with Gasteiger partial charge in [0, 0.05) is 12.0 Å². The number of halogens is 1. The number of aliphatic hydroxyl groups is 1. The van der Waals surface area contributed by atoms with Gasteiger partial charge in [-0.15, -0.1) is 5.10 Å². The zero-order valence-corrected chi connectivity index (χ0v) is 19.4. The van der Waals surface area contributed by atoms with Gasteiger partial charge < -0.3 is 19.6 Å². The summed E-state index contributed by atoms with van der Waals surface area (Å²) in [4.78, 5) is 7.76. The summed E-state index contributed by atoms with van der Waals surface area (Å²) < 4.78 is 13.1. The van der Waals surface area contributed by atoms with E-state index in [1.807, 2.05) is 30.5 Å². The molecule has 0 aliphatic carbocycles. The van der Waals surface area contributed by atoms with Crippen LogP contribution in [0.3, 0.4) is 0 Å². The summed E-state index contributed by atoms with van der Waals surface area (Å²) in [5.41, 5.74) is 6.64. The van der Waals surface area contributed by atoms with Crippen molar-refractivity contribution in [1.29, 1.82) is 0 Å². The number of H-pyrrole nitrogens is 1. The highest BCUT2D eigenvalue weighted by Gasteiger charge is 2.27. The first-order valence-corrected chi connectivity index (χ1v) is 11.7. The molecule has 5 aromatic rings. The molecule has 176 valence electrons. The van der Waals surface area contributed by atoms with Crippen LogP contribution in [-0.2, 0) is 4.74 Å². The summed E-state index contributed by atoms with van der Waals surface area (Å²) in [7, 11) is 0. The summed E-state index contributed by atoms with van der Waals surface area (Å²) in [6.07, 6.45) is 3.79. The molecular weight excluding hydrogens is 466 g/mol. The molecule has 1 aliphatic heterocycles. The molecule has 0 spiro atoms. The number of aliphatic hydroxyl groups excluding tert-OH is 1. The standard InChI is InChI=1S/C26H22ClN5O3/c27-23-13-25-24(29-26(30-25)35-21-11-20(14-33)34-15-21)12-22(23)18-3-1-16(2-4-18)17-5-7-19(8-6-17)32-10-9-28-31-32/h1-10,12-13,20-21,33H,11,14-15H2,(H,29,30). The Morgan fingerprint density at radius 2 is 1.80 bits per heavy atom. The predicted octanol–water partition coefficient (Wildman–Crippen LogP) is 4.66. The van der Waals surface area contributed by atoms with Crippen LogP contribution in [0.5, 0.6) is 6.01 Å². The number of imidazole rings is 1. The summed E-state index contributed by atoms with van der Waals surface area (Å²) in [6, 6.07) is 20.7. The fraction of sp³-hybridized carbons (Fsp3) is 0.192. The third kappa shape index (κ3) is 4.39. The second kappa shape index (κ2) is 9.14. The molecule has 0 saturated carbocycles. The molecule has 35 heavy (non-hydrogen) atoms. The zero-order valence-electron chi connectivity index (χ0n) is 18.6. The molecule has 0 bridgehead atoms. The molecule has 1 fully saturated rings. The molecule has 0 radical (unpaired) electrons. The van der Waals surface area contributed by atoms with Crippen LogP contribution in [0.25, 0.3) is 39.0 Å². The quantitative estimate of drug-likeness (QED) is 0.361. The van der Waals surface area contributed by atoms with Crippen molar-refractivity contribution in [3.8, 4) is 34.0 Å². The van der Waals surface area contributed by atoms with Crippen molar-refractivity contribution in [3.63, 3.8) is 0 Å². The van der Waals surface area contributed by atoms with Crippen LogP contribution in [0, 0.1) is 0 Å².